The van der Waals surface area contributed by atoms with Gasteiger partial charge in [0.25, 0.3) is 0 Å². The summed E-state index contributed by atoms with van der Waals surface area (Å²) in [6.45, 7) is 0. The molecule has 0 saturated heterocycles. The summed E-state index contributed by atoms with van der Waals surface area (Å²) in [6, 6.07) is 32.9. The number of hydrogen-bond acceptors (Lipinski definition) is 1. The van der Waals surface area contributed by atoms with Crippen LogP contribution in [0.5, 0.6) is 0 Å². The summed E-state index contributed by atoms with van der Waals surface area (Å²) in [5.74, 6) is 6.67. The molecule has 1 heteroatoms. The molecule has 0 amide bonds. The Morgan fingerprint density at radius 3 is 2.04 bits per heavy atom. The predicted octanol–water partition coefficient (Wildman–Crippen LogP) is 5.98. The van der Waals surface area contributed by atoms with E-state index in [1.807, 2.05) is 48.5 Å². The number of benzene rings is 4. The van der Waals surface area contributed by atoms with Crippen molar-refractivity contribution in [3.8, 4) is 11.8 Å². The van der Waals surface area contributed by atoms with Crippen LogP contribution in [-0.4, -0.2) is 0 Å². The predicted molar refractivity (Wildman–Crippen MR) is 106 cm³/mol. The number of anilines is 2. The Hall–Kier alpha value is -3.50. The Labute approximate surface area is 148 Å². The van der Waals surface area contributed by atoms with Crippen LogP contribution >= 0.6 is 0 Å². The summed E-state index contributed by atoms with van der Waals surface area (Å²) in [4.78, 5) is 0. The van der Waals surface area contributed by atoms with Crippen LogP contribution in [0.3, 0.4) is 0 Å². The van der Waals surface area contributed by atoms with Gasteiger partial charge in [0.1, 0.15) is 0 Å². The lowest BCUT2D eigenvalue weighted by molar-refractivity contribution is 1.55. The van der Waals surface area contributed by atoms with Crippen LogP contribution in [-0.2, 0) is 0 Å². The van der Waals surface area contributed by atoms with E-state index >= 15 is 0 Å². The zero-order chi connectivity index (χ0) is 16.9. The maximum absolute atomic E-state index is 3.50. The van der Waals surface area contributed by atoms with Gasteiger partial charge in [0.2, 0.25) is 0 Å². The number of nitrogens with one attached hydrogen (secondary N) is 1. The molecule has 0 aromatic heterocycles. The minimum absolute atomic E-state index is 1.01. The fourth-order valence-corrected chi connectivity index (χ4v) is 2.84. The Kier molecular flexibility index (Phi) is 4.18. The van der Waals surface area contributed by atoms with E-state index in [4.69, 9.17) is 0 Å². The number of fused-ring (bicyclic) bond motifs is 1. The van der Waals surface area contributed by atoms with E-state index in [-0.39, 0.29) is 0 Å². The Morgan fingerprint density at radius 1 is 0.560 bits per heavy atom. The molecule has 0 fully saturated rings. The average molecular weight is 319 g/mol. The lowest BCUT2D eigenvalue weighted by Crippen LogP contribution is -1.94. The highest BCUT2D eigenvalue weighted by atomic mass is 14.9. The number of para-hydroxylation sites is 1. The molecule has 0 unspecified atom stereocenters. The van der Waals surface area contributed by atoms with Gasteiger partial charge in [-0.25, -0.2) is 0 Å². The standard InChI is InChI=1S/C24H17N/c1-3-9-19(10-4-1)15-17-23-22-14-8-7-11-20(22)16-18-24(23)25-21-12-5-2-6-13-21/h1-14,16,18,25H. The Bertz CT molecular complexity index is 1050. The van der Waals surface area contributed by atoms with Crippen LogP contribution in [0.15, 0.2) is 97.1 Å². The molecule has 0 aliphatic heterocycles. The summed E-state index contributed by atoms with van der Waals surface area (Å²) >= 11 is 0. The zero-order valence-electron chi connectivity index (χ0n) is 13.7. The Balaban J connectivity index is 1.84. The van der Waals surface area contributed by atoms with Crippen molar-refractivity contribution < 1.29 is 0 Å². The van der Waals surface area contributed by atoms with Gasteiger partial charge in [0.15, 0.2) is 0 Å². The zero-order valence-corrected chi connectivity index (χ0v) is 13.7. The van der Waals surface area contributed by atoms with Gasteiger partial charge in [-0.15, -0.1) is 0 Å². The molecule has 4 rings (SSSR count). The van der Waals surface area contributed by atoms with Crippen molar-refractivity contribution in [3.05, 3.63) is 108 Å². The van der Waals surface area contributed by atoms with E-state index in [1.54, 1.807) is 0 Å². The second-order valence-corrected chi connectivity index (χ2v) is 5.82. The summed E-state index contributed by atoms with van der Waals surface area (Å²) in [7, 11) is 0. The molecule has 1 N–H and O–H groups in total. The molecule has 118 valence electrons. The molecule has 0 atom stereocenters. The van der Waals surface area contributed by atoms with E-state index < -0.39 is 0 Å². The first-order chi connectivity index (χ1) is 12.4. The van der Waals surface area contributed by atoms with Crippen LogP contribution in [0, 0.1) is 11.8 Å². The second-order valence-electron chi connectivity index (χ2n) is 5.82. The maximum atomic E-state index is 3.50. The highest BCUT2D eigenvalue weighted by Gasteiger charge is 2.06. The summed E-state index contributed by atoms with van der Waals surface area (Å²) in [6.07, 6.45) is 0. The van der Waals surface area contributed by atoms with E-state index in [9.17, 15) is 0 Å². The van der Waals surface area contributed by atoms with Gasteiger partial charge in [-0.2, -0.15) is 0 Å². The van der Waals surface area contributed by atoms with Crippen LogP contribution in [0.25, 0.3) is 10.8 Å². The fraction of sp³-hybridized carbons (Fsp3) is 0. The molecule has 1 nitrogen and oxygen atoms in total. The van der Waals surface area contributed by atoms with E-state index in [1.165, 1.54) is 5.39 Å². The van der Waals surface area contributed by atoms with Gasteiger partial charge < -0.3 is 5.32 Å². The number of hydrogen-bond donors (Lipinski definition) is 1. The highest BCUT2D eigenvalue weighted by molar-refractivity contribution is 5.94. The molecule has 25 heavy (non-hydrogen) atoms. The minimum atomic E-state index is 1.01. The number of rotatable bonds is 2. The normalized spacial score (nSPS) is 10.1. The molecule has 4 aromatic carbocycles. The summed E-state index contributed by atoms with van der Waals surface area (Å²) in [5, 5.41) is 5.85. The largest absolute Gasteiger partial charge is 0.354 e. The van der Waals surface area contributed by atoms with E-state index in [0.717, 1.165) is 27.9 Å². The van der Waals surface area contributed by atoms with Crippen LogP contribution in [0.1, 0.15) is 11.1 Å². The third kappa shape index (κ3) is 3.39. The monoisotopic (exact) mass is 319 g/mol. The molecule has 0 heterocycles. The molecule has 0 aliphatic rings. The highest BCUT2D eigenvalue weighted by Crippen LogP contribution is 2.28. The molecule has 0 bridgehead atoms. The van der Waals surface area contributed by atoms with Gasteiger partial charge in [-0.1, -0.05) is 78.6 Å². The van der Waals surface area contributed by atoms with Crippen molar-refractivity contribution in [1.29, 1.82) is 0 Å². The Morgan fingerprint density at radius 2 is 1.24 bits per heavy atom. The summed E-state index contributed by atoms with van der Waals surface area (Å²) in [5.41, 5.74) is 4.11. The quantitative estimate of drug-likeness (QED) is 0.448. The topological polar surface area (TPSA) is 12.0 Å². The molecular formula is C24H17N. The average Bonchev–Trinajstić information content (AvgIpc) is 2.68. The molecule has 4 aromatic rings. The minimum Gasteiger partial charge on any atom is -0.354 e. The SMILES string of the molecule is C(#Cc1c(Nc2ccccc2)ccc2ccccc12)c1ccccc1. The van der Waals surface area contributed by atoms with Gasteiger partial charge in [-0.3, -0.25) is 0 Å². The third-order valence-electron chi connectivity index (χ3n) is 4.09. The molecular weight excluding hydrogens is 302 g/mol. The van der Waals surface area contributed by atoms with Crippen LogP contribution < -0.4 is 5.32 Å². The first-order valence-electron chi connectivity index (χ1n) is 8.31. The van der Waals surface area contributed by atoms with Crippen molar-refractivity contribution in [3.63, 3.8) is 0 Å². The maximum Gasteiger partial charge on any atom is 0.0562 e. The van der Waals surface area contributed by atoms with Crippen molar-refractivity contribution in [2.75, 3.05) is 5.32 Å². The molecule has 0 radical (unpaired) electrons. The molecule has 0 spiro atoms. The second kappa shape index (κ2) is 6.95. The first-order valence-corrected chi connectivity index (χ1v) is 8.31. The molecule has 0 saturated carbocycles. The van der Waals surface area contributed by atoms with Crippen molar-refractivity contribution in [2.24, 2.45) is 0 Å². The van der Waals surface area contributed by atoms with E-state index in [0.29, 0.717) is 0 Å². The van der Waals surface area contributed by atoms with Crippen molar-refractivity contribution in [2.45, 2.75) is 0 Å². The van der Waals surface area contributed by atoms with Gasteiger partial charge in [0.05, 0.1) is 11.3 Å². The van der Waals surface area contributed by atoms with Crippen molar-refractivity contribution in [1.82, 2.24) is 0 Å². The smallest absolute Gasteiger partial charge is 0.0562 e. The van der Waals surface area contributed by atoms with Crippen LogP contribution in [0.4, 0.5) is 11.4 Å². The lowest BCUT2D eigenvalue weighted by atomic mass is 10.0. The first kappa shape index (κ1) is 15.1. The lowest BCUT2D eigenvalue weighted by Gasteiger charge is -2.11. The van der Waals surface area contributed by atoms with Crippen LogP contribution in [0.2, 0.25) is 0 Å². The van der Waals surface area contributed by atoms with Gasteiger partial charge >= 0.3 is 0 Å². The molecule has 0 aliphatic carbocycles. The van der Waals surface area contributed by atoms with Gasteiger partial charge in [0, 0.05) is 11.3 Å². The van der Waals surface area contributed by atoms with Crippen molar-refractivity contribution >= 4 is 22.1 Å². The summed E-state index contributed by atoms with van der Waals surface area (Å²) < 4.78 is 0. The van der Waals surface area contributed by atoms with E-state index in [2.05, 4.69) is 65.7 Å². The van der Waals surface area contributed by atoms with Gasteiger partial charge in [-0.05, 0) is 41.1 Å². The third-order valence-corrected chi connectivity index (χ3v) is 4.09. The fourth-order valence-electron chi connectivity index (χ4n) is 2.84.